The first-order valence-corrected chi connectivity index (χ1v) is 7.95. The Bertz CT molecular complexity index is 472. The molecule has 0 radical (unpaired) electrons. The lowest BCUT2D eigenvalue weighted by atomic mass is 10.0. The van der Waals surface area contributed by atoms with E-state index in [1.165, 1.54) is 0 Å². The molecule has 0 spiro atoms. The van der Waals surface area contributed by atoms with Gasteiger partial charge in [0.2, 0.25) is 5.91 Å². The number of ether oxygens (including phenoxy) is 1. The van der Waals surface area contributed by atoms with Gasteiger partial charge in [-0.1, -0.05) is 19.0 Å². The van der Waals surface area contributed by atoms with Crippen molar-refractivity contribution in [2.45, 2.75) is 52.7 Å². The molecule has 8 heteroatoms. The van der Waals surface area contributed by atoms with E-state index in [1.54, 1.807) is 9.80 Å². The van der Waals surface area contributed by atoms with Crippen molar-refractivity contribution >= 4 is 12.0 Å². The lowest BCUT2D eigenvalue weighted by Crippen LogP contribution is -2.53. The average Bonchev–Trinajstić information content (AvgIpc) is 2.44. The number of carbonyl (C=O) groups is 2. The van der Waals surface area contributed by atoms with Crippen LogP contribution in [-0.4, -0.2) is 59.6 Å². The van der Waals surface area contributed by atoms with Crippen molar-refractivity contribution in [1.29, 1.82) is 0 Å². The first kappa shape index (κ1) is 19.1. The number of hydrogen-bond donors (Lipinski definition) is 0. The van der Waals surface area contributed by atoms with Crippen molar-refractivity contribution in [2.24, 2.45) is 11.0 Å². The molecule has 1 heterocycles. The van der Waals surface area contributed by atoms with Crippen LogP contribution in [0.2, 0.25) is 0 Å². The van der Waals surface area contributed by atoms with Crippen LogP contribution in [0.4, 0.5) is 4.79 Å². The Morgan fingerprint density at radius 3 is 2.13 bits per heavy atom. The molecule has 0 aliphatic carbocycles. The zero-order valence-corrected chi connectivity index (χ0v) is 14.7. The topological polar surface area (TPSA) is 98.6 Å². The molecule has 8 nitrogen and oxygen atoms in total. The summed E-state index contributed by atoms with van der Waals surface area (Å²) in [6, 6.07) is -0.673. The van der Waals surface area contributed by atoms with Gasteiger partial charge in [0.1, 0.15) is 11.6 Å². The van der Waals surface area contributed by atoms with E-state index in [9.17, 15) is 9.59 Å². The third-order valence-corrected chi connectivity index (χ3v) is 3.41. The molecule has 23 heavy (non-hydrogen) atoms. The number of azide groups is 1. The monoisotopic (exact) mass is 325 g/mol. The van der Waals surface area contributed by atoms with Gasteiger partial charge in [0, 0.05) is 31.1 Å². The fraction of sp³-hybridized carbons (Fsp3) is 0.867. The first-order chi connectivity index (χ1) is 10.6. The van der Waals surface area contributed by atoms with Crippen molar-refractivity contribution in [1.82, 2.24) is 9.80 Å². The maximum Gasteiger partial charge on any atom is 0.410 e. The second-order valence-corrected chi connectivity index (χ2v) is 7.14. The fourth-order valence-electron chi connectivity index (χ4n) is 2.35. The zero-order valence-electron chi connectivity index (χ0n) is 14.7. The molecule has 0 aromatic heterocycles. The SMILES string of the molecule is CC(C)C[C@H](N=[N+]=[N-])C(=O)N1CCN(C(=O)OC(C)(C)C)CC1. The highest BCUT2D eigenvalue weighted by molar-refractivity contribution is 5.82. The highest BCUT2D eigenvalue weighted by atomic mass is 16.6. The van der Waals surface area contributed by atoms with Gasteiger partial charge in [-0.05, 0) is 38.6 Å². The van der Waals surface area contributed by atoms with Gasteiger partial charge in [0.15, 0.2) is 0 Å². The molecule has 0 N–H and O–H groups in total. The summed E-state index contributed by atoms with van der Waals surface area (Å²) in [5.41, 5.74) is 8.10. The third kappa shape index (κ3) is 6.36. The molecule has 1 aliphatic heterocycles. The van der Waals surface area contributed by atoms with Gasteiger partial charge in [-0.3, -0.25) is 4.79 Å². The summed E-state index contributed by atoms with van der Waals surface area (Å²) in [6.45, 7) is 11.1. The van der Waals surface area contributed by atoms with Crippen LogP contribution in [0.5, 0.6) is 0 Å². The van der Waals surface area contributed by atoms with E-state index < -0.39 is 11.6 Å². The number of hydrogen-bond acceptors (Lipinski definition) is 4. The van der Waals surface area contributed by atoms with E-state index in [-0.39, 0.29) is 17.9 Å². The van der Waals surface area contributed by atoms with Gasteiger partial charge < -0.3 is 14.5 Å². The summed E-state index contributed by atoms with van der Waals surface area (Å²) in [4.78, 5) is 30.5. The van der Waals surface area contributed by atoms with Crippen molar-refractivity contribution in [3.8, 4) is 0 Å². The number of rotatable bonds is 4. The average molecular weight is 325 g/mol. The van der Waals surface area contributed by atoms with Crippen molar-refractivity contribution in [3.63, 3.8) is 0 Å². The summed E-state index contributed by atoms with van der Waals surface area (Å²) in [5, 5.41) is 3.63. The van der Waals surface area contributed by atoms with Crippen LogP contribution in [0.1, 0.15) is 41.0 Å². The summed E-state index contributed by atoms with van der Waals surface area (Å²) in [6.07, 6.45) is 0.160. The summed E-state index contributed by atoms with van der Waals surface area (Å²) < 4.78 is 5.33. The van der Waals surface area contributed by atoms with Crippen LogP contribution in [0.3, 0.4) is 0 Å². The molecule has 2 amide bonds. The molecular formula is C15H27N5O3. The molecule has 0 unspecified atom stereocenters. The Morgan fingerprint density at radius 2 is 1.70 bits per heavy atom. The zero-order chi connectivity index (χ0) is 17.6. The van der Waals surface area contributed by atoms with Crippen LogP contribution in [0.15, 0.2) is 5.11 Å². The summed E-state index contributed by atoms with van der Waals surface area (Å²) in [5.74, 6) is 0.0952. The van der Waals surface area contributed by atoms with Crippen LogP contribution in [0, 0.1) is 5.92 Å². The van der Waals surface area contributed by atoms with Gasteiger partial charge in [-0.2, -0.15) is 0 Å². The van der Waals surface area contributed by atoms with Gasteiger partial charge in [0.05, 0.1) is 0 Å². The van der Waals surface area contributed by atoms with E-state index >= 15 is 0 Å². The fourth-order valence-corrected chi connectivity index (χ4v) is 2.35. The van der Waals surface area contributed by atoms with Crippen LogP contribution in [0.25, 0.3) is 10.4 Å². The minimum absolute atomic E-state index is 0.166. The minimum Gasteiger partial charge on any atom is -0.444 e. The van der Waals surface area contributed by atoms with Crippen LogP contribution in [-0.2, 0) is 9.53 Å². The number of nitrogens with zero attached hydrogens (tertiary/aromatic N) is 5. The Balaban J connectivity index is 2.59. The second-order valence-electron chi connectivity index (χ2n) is 7.14. The molecule has 0 bridgehead atoms. The maximum atomic E-state index is 12.5. The van der Waals surface area contributed by atoms with Crippen molar-refractivity contribution in [3.05, 3.63) is 10.4 Å². The predicted octanol–water partition coefficient (Wildman–Crippen LogP) is 2.79. The molecule has 1 aliphatic rings. The molecule has 1 fully saturated rings. The van der Waals surface area contributed by atoms with E-state index in [4.69, 9.17) is 10.3 Å². The predicted molar refractivity (Wildman–Crippen MR) is 86.8 cm³/mol. The molecule has 1 saturated heterocycles. The molecule has 1 atom stereocenters. The van der Waals surface area contributed by atoms with Gasteiger partial charge in [-0.15, -0.1) is 0 Å². The normalized spacial score (nSPS) is 16.8. The van der Waals surface area contributed by atoms with Crippen LogP contribution >= 0.6 is 0 Å². The first-order valence-electron chi connectivity index (χ1n) is 7.95. The molecular weight excluding hydrogens is 298 g/mol. The van der Waals surface area contributed by atoms with Gasteiger partial charge in [0.25, 0.3) is 0 Å². The molecule has 0 aromatic rings. The van der Waals surface area contributed by atoms with Crippen LogP contribution < -0.4 is 0 Å². The second kappa shape index (κ2) is 8.06. The molecule has 0 saturated carbocycles. The quantitative estimate of drug-likeness (QED) is 0.451. The number of carbonyl (C=O) groups excluding carboxylic acids is 2. The standard InChI is InChI=1S/C15H27N5O3/c1-11(2)10-12(17-18-16)13(21)19-6-8-20(9-7-19)14(22)23-15(3,4)5/h11-12H,6-10H2,1-5H3/t12-/m0/s1. The summed E-state index contributed by atoms with van der Waals surface area (Å²) in [7, 11) is 0. The molecule has 0 aromatic carbocycles. The van der Waals surface area contributed by atoms with Crippen molar-refractivity contribution < 1.29 is 14.3 Å². The Hall–Kier alpha value is -1.95. The smallest absolute Gasteiger partial charge is 0.410 e. The van der Waals surface area contributed by atoms with E-state index in [0.717, 1.165) is 0 Å². The molecule has 1 rings (SSSR count). The Kier molecular flexibility index (Phi) is 6.69. The molecule has 130 valence electrons. The highest BCUT2D eigenvalue weighted by Crippen LogP contribution is 2.15. The largest absolute Gasteiger partial charge is 0.444 e. The maximum absolute atomic E-state index is 12.5. The number of amides is 2. The Morgan fingerprint density at radius 1 is 1.17 bits per heavy atom. The Labute approximate surface area is 137 Å². The highest BCUT2D eigenvalue weighted by Gasteiger charge is 2.30. The van der Waals surface area contributed by atoms with Gasteiger partial charge in [-0.25, -0.2) is 4.79 Å². The number of piperazine rings is 1. The lowest BCUT2D eigenvalue weighted by Gasteiger charge is -2.36. The lowest BCUT2D eigenvalue weighted by molar-refractivity contribution is -0.134. The van der Waals surface area contributed by atoms with Gasteiger partial charge >= 0.3 is 6.09 Å². The van der Waals surface area contributed by atoms with E-state index in [2.05, 4.69) is 10.0 Å². The summed E-state index contributed by atoms with van der Waals surface area (Å²) >= 11 is 0. The van der Waals surface area contributed by atoms with E-state index in [0.29, 0.717) is 32.6 Å². The third-order valence-electron chi connectivity index (χ3n) is 3.41. The van der Waals surface area contributed by atoms with Crippen molar-refractivity contribution in [2.75, 3.05) is 26.2 Å². The van der Waals surface area contributed by atoms with E-state index in [1.807, 2.05) is 34.6 Å². The minimum atomic E-state index is -0.673.